The number of imide groups is 2. The summed E-state index contributed by atoms with van der Waals surface area (Å²) in [7, 11) is 1.93. The fraction of sp³-hybridized carbons (Fsp3) is 0.206. The van der Waals surface area contributed by atoms with Crippen molar-refractivity contribution < 1.29 is 18.9 Å². The first kappa shape index (κ1) is 30.0. The molecule has 9 heteroatoms. The van der Waals surface area contributed by atoms with Crippen molar-refractivity contribution >= 4 is 47.0 Å². The van der Waals surface area contributed by atoms with Crippen molar-refractivity contribution in [3.05, 3.63) is 120 Å². The molecule has 2 aliphatic heterocycles. The number of anilines is 3. The van der Waals surface area contributed by atoms with Crippen LogP contribution in [0.15, 0.2) is 119 Å². The lowest BCUT2D eigenvalue weighted by Crippen LogP contribution is -2.57. The summed E-state index contributed by atoms with van der Waals surface area (Å²) in [6, 6.07) is 22.4. The first-order valence-corrected chi connectivity index (χ1v) is 14.9. The third kappa shape index (κ3) is 5.79. The van der Waals surface area contributed by atoms with Gasteiger partial charge < -0.3 is 14.8 Å². The minimum atomic E-state index is -0.723. The molecule has 3 aromatic carbocycles. The number of fused-ring (bicyclic) bond motifs is 1. The Kier molecular flexibility index (Phi) is 8.96. The zero-order valence-corrected chi connectivity index (χ0v) is 25.2. The Morgan fingerprint density at radius 2 is 1.42 bits per heavy atom. The van der Waals surface area contributed by atoms with Crippen molar-refractivity contribution in [2.24, 2.45) is 0 Å². The predicted octanol–water partition coefficient (Wildman–Crippen LogP) is 6.53. The summed E-state index contributed by atoms with van der Waals surface area (Å²) in [5, 5.41) is 3.20. The van der Waals surface area contributed by atoms with Gasteiger partial charge in [-0.2, -0.15) is 0 Å². The number of hydrogen-bond donors (Lipinski definition) is 2. The number of barbiturate groups is 1. The molecule has 8 nitrogen and oxygen atoms in total. The summed E-state index contributed by atoms with van der Waals surface area (Å²) < 4.78 is 9.66. The number of carbonyl (C=O) groups excluding carboxylic acids is 3. The molecule has 1 fully saturated rings. The van der Waals surface area contributed by atoms with E-state index in [1.807, 2.05) is 37.4 Å². The molecule has 0 aromatic heterocycles. The summed E-state index contributed by atoms with van der Waals surface area (Å²) in [4.78, 5) is 45.8. The number of hydrogen-bond acceptors (Lipinski definition) is 7. The monoisotopic (exact) mass is 594 g/mol. The summed E-state index contributed by atoms with van der Waals surface area (Å²) >= 11 is 0.729. The van der Waals surface area contributed by atoms with Crippen LogP contribution in [0.1, 0.15) is 25.8 Å². The van der Waals surface area contributed by atoms with Crippen LogP contribution < -0.4 is 20.0 Å². The molecule has 2 N–H and O–H groups in total. The van der Waals surface area contributed by atoms with Gasteiger partial charge in [0.2, 0.25) is 0 Å². The van der Waals surface area contributed by atoms with E-state index < -0.39 is 17.8 Å². The Labute approximate surface area is 256 Å². The lowest BCUT2D eigenvalue weighted by molar-refractivity contribution is -0.121. The second-order valence-electron chi connectivity index (χ2n) is 10.8. The maximum atomic E-state index is 13.6. The van der Waals surface area contributed by atoms with Crippen LogP contribution in [0.3, 0.4) is 0 Å². The lowest BCUT2D eigenvalue weighted by Gasteiger charge is -2.33. The Hall–Kier alpha value is -4.44. The smallest absolute Gasteiger partial charge is 0.343 e. The highest BCUT2D eigenvalue weighted by molar-refractivity contribution is 7.93. The van der Waals surface area contributed by atoms with E-state index in [0.717, 1.165) is 63.2 Å². The van der Waals surface area contributed by atoms with Crippen molar-refractivity contribution in [2.45, 2.75) is 30.6 Å². The highest BCUT2D eigenvalue weighted by Crippen LogP contribution is 2.48. The Bertz CT molecular complexity index is 1550. The zero-order chi connectivity index (χ0) is 30.6. The van der Waals surface area contributed by atoms with Crippen molar-refractivity contribution in [2.75, 3.05) is 34.8 Å². The third-order valence-corrected chi connectivity index (χ3v) is 8.15. The van der Waals surface area contributed by atoms with Gasteiger partial charge in [0.05, 0.1) is 11.4 Å². The van der Waals surface area contributed by atoms with Crippen molar-refractivity contribution in [1.29, 1.82) is 0 Å². The normalized spacial score (nSPS) is 17.4. The number of rotatable bonds is 9. The SMILES string of the molecule is CNCCCN1/C(=C/C=C/C=C2C(=O)N(c3ccccc3)C(=O)N(c3ccccc3)C2=O)C(C)(C)c2cc(SO)ccc21. The van der Waals surface area contributed by atoms with Crippen molar-refractivity contribution in [3.63, 3.8) is 0 Å². The number of nitrogens with one attached hydrogen (secondary N) is 1. The number of carbonyl (C=O) groups is 3. The molecular formula is C34H34N4O4S. The van der Waals surface area contributed by atoms with Crippen LogP contribution >= 0.6 is 12.0 Å². The predicted molar refractivity (Wildman–Crippen MR) is 172 cm³/mol. The Balaban J connectivity index is 1.51. The highest BCUT2D eigenvalue weighted by Gasteiger charge is 2.43. The molecule has 0 saturated carbocycles. The average Bonchev–Trinajstić information content (AvgIpc) is 3.22. The molecular weight excluding hydrogens is 560 g/mol. The van der Waals surface area contributed by atoms with E-state index >= 15 is 0 Å². The van der Waals surface area contributed by atoms with Gasteiger partial charge in [-0.1, -0.05) is 62.4 Å². The molecule has 0 unspecified atom stereocenters. The Morgan fingerprint density at radius 3 is 1.98 bits per heavy atom. The van der Waals surface area contributed by atoms with Crippen LogP contribution in [0.2, 0.25) is 0 Å². The fourth-order valence-corrected chi connectivity index (χ4v) is 5.82. The van der Waals surface area contributed by atoms with Gasteiger partial charge in [-0.05, 0) is 80.2 Å². The number of amides is 4. The largest absolute Gasteiger partial charge is 0.344 e. The van der Waals surface area contributed by atoms with Gasteiger partial charge in [0, 0.05) is 40.3 Å². The van der Waals surface area contributed by atoms with E-state index in [0.29, 0.717) is 11.4 Å². The molecule has 220 valence electrons. The summed E-state index contributed by atoms with van der Waals surface area (Å²) in [6.07, 6.45) is 7.88. The maximum absolute atomic E-state index is 13.6. The average molecular weight is 595 g/mol. The number of nitrogens with zero attached hydrogens (tertiary/aromatic N) is 3. The molecule has 0 radical (unpaired) electrons. The van der Waals surface area contributed by atoms with Crippen molar-refractivity contribution in [1.82, 2.24) is 5.32 Å². The second kappa shape index (κ2) is 12.8. The quantitative estimate of drug-likeness (QED) is 0.126. The lowest BCUT2D eigenvalue weighted by atomic mass is 9.83. The Morgan fingerprint density at radius 1 is 0.837 bits per heavy atom. The van der Waals surface area contributed by atoms with Crippen LogP contribution in [0, 0.1) is 0 Å². The first-order chi connectivity index (χ1) is 20.8. The van der Waals surface area contributed by atoms with E-state index in [1.54, 1.807) is 66.7 Å². The summed E-state index contributed by atoms with van der Waals surface area (Å²) in [5.41, 5.74) is 3.55. The highest BCUT2D eigenvalue weighted by atomic mass is 32.2. The van der Waals surface area contributed by atoms with E-state index in [4.69, 9.17) is 0 Å². The molecule has 4 amide bonds. The maximum Gasteiger partial charge on any atom is 0.343 e. The number of para-hydroxylation sites is 2. The summed E-state index contributed by atoms with van der Waals surface area (Å²) in [5.74, 6) is -1.36. The molecule has 43 heavy (non-hydrogen) atoms. The molecule has 0 bridgehead atoms. The van der Waals surface area contributed by atoms with Gasteiger partial charge in [0.25, 0.3) is 11.8 Å². The third-order valence-electron chi connectivity index (χ3n) is 7.68. The van der Waals surface area contributed by atoms with Gasteiger partial charge in [-0.3, -0.25) is 9.59 Å². The van der Waals surface area contributed by atoms with Crippen LogP contribution in [-0.4, -0.2) is 42.5 Å². The molecule has 5 rings (SSSR count). The minimum absolute atomic E-state index is 0.119. The van der Waals surface area contributed by atoms with E-state index in [-0.39, 0.29) is 11.0 Å². The molecule has 0 spiro atoms. The van der Waals surface area contributed by atoms with Crippen LogP contribution in [0.25, 0.3) is 0 Å². The second-order valence-corrected chi connectivity index (χ2v) is 11.4. The van der Waals surface area contributed by atoms with Crippen LogP contribution in [0.4, 0.5) is 21.9 Å². The first-order valence-electron chi connectivity index (χ1n) is 14.1. The molecule has 0 aliphatic carbocycles. The number of benzene rings is 3. The number of allylic oxidation sites excluding steroid dienone is 5. The van der Waals surface area contributed by atoms with Gasteiger partial charge in [0.15, 0.2) is 0 Å². The van der Waals surface area contributed by atoms with Crippen LogP contribution in [0.5, 0.6) is 0 Å². The topological polar surface area (TPSA) is 93.2 Å². The molecule has 1 saturated heterocycles. The van der Waals surface area contributed by atoms with Gasteiger partial charge in [0.1, 0.15) is 5.57 Å². The molecule has 2 aliphatic rings. The molecule has 3 aromatic rings. The van der Waals surface area contributed by atoms with Crippen LogP contribution in [-0.2, 0) is 15.0 Å². The fourth-order valence-electron chi connectivity index (χ4n) is 5.52. The van der Waals surface area contributed by atoms with Crippen molar-refractivity contribution in [3.8, 4) is 0 Å². The van der Waals surface area contributed by atoms with E-state index in [2.05, 4.69) is 24.1 Å². The zero-order valence-electron chi connectivity index (χ0n) is 24.4. The van der Waals surface area contributed by atoms with E-state index in [1.165, 1.54) is 6.08 Å². The summed E-state index contributed by atoms with van der Waals surface area (Å²) in [6.45, 7) is 5.94. The minimum Gasteiger partial charge on any atom is -0.344 e. The van der Waals surface area contributed by atoms with Gasteiger partial charge in [-0.15, -0.1) is 0 Å². The van der Waals surface area contributed by atoms with Gasteiger partial charge in [-0.25, -0.2) is 14.6 Å². The number of urea groups is 1. The standard InChI is InChI=1S/C34H34N4O4S/c1-34(2)28-23-26(43-42)19-20-29(28)36(22-12-21-35-3)30(34)18-11-10-17-27-31(39)37(24-13-6-4-7-14-24)33(41)38(32(27)40)25-15-8-5-9-16-25/h4-11,13-20,23,35,42H,12,21-22H2,1-3H3/b11-10+,30-18+. The molecule has 2 heterocycles. The molecule has 0 atom stereocenters. The van der Waals surface area contributed by atoms with Gasteiger partial charge >= 0.3 is 6.03 Å². The van der Waals surface area contributed by atoms with E-state index in [9.17, 15) is 18.9 Å².